The minimum Gasteiger partial charge on any atom is -0.756 e. The molecule has 0 rings (SSSR count). The van der Waals surface area contributed by atoms with E-state index in [4.69, 9.17) is 33.8 Å². The Labute approximate surface area is 474 Å². The summed E-state index contributed by atoms with van der Waals surface area (Å²) in [6.45, 7) is 17.8. The number of nitrogens with one attached hydrogen (secondary N) is 1. The van der Waals surface area contributed by atoms with Crippen LogP contribution < -0.4 is 20.0 Å². The average Bonchev–Trinajstić information content (AvgIpc) is 3.26. The van der Waals surface area contributed by atoms with Gasteiger partial charge in [-0.3, -0.25) is 13.7 Å². The number of phosphoric acid groups is 3. The number of terminal acetylenes is 1. The lowest BCUT2D eigenvalue weighted by Gasteiger charge is -2.28. The van der Waals surface area contributed by atoms with Crippen molar-refractivity contribution in [3.05, 3.63) is 11.6 Å². The van der Waals surface area contributed by atoms with Crippen LogP contribution in [0.5, 0.6) is 0 Å². The molecule has 0 aromatic rings. The molecule has 0 saturated carbocycles. The maximum Gasteiger partial charge on any atom is 0.408 e. The summed E-state index contributed by atoms with van der Waals surface area (Å²) in [4.78, 5) is 58.4. The zero-order valence-electron chi connectivity index (χ0n) is 52.1. The fourth-order valence-electron chi connectivity index (χ4n) is 6.79. The molecule has 0 aliphatic carbocycles. The Bertz CT molecular complexity index is 1790. The molecule has 0 aliphatic heterocycles. The van der Waals surface area contributed by atoms with Gasteiger partial charge in [0.15, 0.2) is 6.04 Å². The lowest BCUT2D eigenvalue weighted by molar-refractivity contribution is -0.870. The van der Waals surface area contributed by atoms with Crippen LogP contribution in [0.15, 0.2) is 11.6 Å². The highest BCUT2D eigenvalue weighted by atomic mass is 31.2. The van der Waals surface area contributed by atoms with Gasteiger partial charge in [0, 0.05) is 6.42 Å². The van der Waals surface area contributed by atoms with Gasteiger partial charge < -0.3 is 70.1 Å². The van der Waals surface area contributed by atoms with Crippen molar-refractivity contribution in [2.75, 3.05) is 130 Å². The Hall–Kier alpha value is -1.75. The van der Waals surface area contributed by atoms with Crippen LogP contribution in [0.1, 0.15) is 165 Å². The van der Waals surface area contributed by atoms with Crippen LogP contribution in [0, 0.1) is 30.1 Å². The van der Waals surface area contributed by atoms with Gasteiger partial charge in [-0.2, -0.15) is 0 Å². The van der Waals surface area contributed by atoms with Crippen molar-refractivity contribution in [1.29, 1.82) is 0 Å². The first-order valence-electron chi connectivity index (χ1n) is 28.1. The van der Waals surface area contributed by atoms with Gasteiger partial charge in [-0.05, 0) is 71.1 Å². The predicted molar refractivity (Wildman–Crippen MR) is 307 cm³/mol. The second kappa shape index (κ2) is 43.0. The number of rotatable bonds is 42. The molecule has 0 aromatic carbocycles. The number of unbranched alkanes of at least 4 members (excludes halogenated alkanes) is 7. The molecule has 0 saturated heterocycles. The molecule has 464 valence electrons. The largest absolute Gasteiger partial charge is 0.756 e. The summed E-state index contributed by atoms with van der Waals surface area (Å²) in [7, 11) is 5.65. The molecule has 0 spiro atoms. The number of hydrogen-bond acceptors (Lipinski definition) is 16. The summed E-state index contributed by atoms with van der Waals surface area (Å²) in [5.74, 6) is 4.19. The Morgan fingerprint density at radius 1 is 0.590 bits per heavy atom. The first kappa shape index (κ1) is 80.5. The number of esters is 1. The Morgan fingerprint density at radius 3 is 1.41 bits per heavy atom. The molecule has 78 heavy (non-hydrogen) atoms. The number of phosphoric ester groups is 3. The summed E-state index contributed by atoms with van der Waals surface area (Å²) in [6, 6.07) is -1.36. The minimum absolute atomic E-state index is 0.0568. The molecule has 0 fully saturated rings. The van der Waals surface area contributed by atoms with E-state index in [1.165, 1.54) is 69.8 Å². The van der Waals surface area contributed by atoms with Gasteiger partial charge in [-0.25, -0.2) is 9.59 Å². The van der Waals surface area contributed by atoms with Crippen LogP contribution >= 0.6 is 23.5 Å². The van der Waals surface area contributed by atoms with Crippen LogP contribution in [0.4, 0.5) is 4.79 Å². The molecule has 0 aliphatic rings. The van der Waals surface area contributed by atoms with Gasteiger partial charge in [0.25, 0.3) is 23.5 Å². The molecule has 6 atom stereocenters. The molecule has 1 N–H and O–H groups in total. The molecule has 0 heterocycles. The van der Waals surface area contributed by atoms with Crippen molar-refractivity contribution in [3.63, 3.8) is 0 Å². The zero-order chi connectivity index (χ0) is 60.7. The number of hydrogen-bond donors (Lipinski definition) is 1. The van der Waals surface area contributed by atoms with Gasteiger partial charge in [0.2, 0.25) is 0 Å². The highest BCUT2D eigenvalue weighted by Gasteiger charge is 2.27. The quantitative estimate of drug-likeness (QED) is 0.0149. The van der Waals surface area contributed by atoms with E-state index in [9.17, 15) is 38.0 Å². The molecular weight excluding hydrogens is 1070 g/mol. The van der Waals surface area contributed by atoms with E-state index < -0.39 is 53.8 Å². The van der Waals surface area contributed by atoms with Crippen molar-refractivity contribution in [1.82, 2.24) is 5.32 Å². The lowest BCUT2D eigenvalue weighted by atomic mass is 9.91. The molecular formula is C55H113N4O16P3. The van der Waals surface area contributed by atoms with Crippen molar-refractivity contribution in [3.8, 4) is 12.3 Å². The number of nitrogens with zero attached hydrogens (tertiary/aromatic N) is 3. The van der Waals surface area contributed by atoms with E-state index in [0.29, 0.717) is 33.1 Å². The van der Waals surface area contributed by atoms with Gasteiger partial charge in [0.05, 0.1) is 90.4 Å². The molecule has 4 unspecified atom stereocenters. The maximum absolute atomic E-state index is 11.8. The Morgan fingerprint density at radius 2 is 0.987 bits per heavy atom. The second-order valence-corrected chi connectivity index (χ2v) is 29.1. The van der Waals surface area contributed by atoms with E-state index in [2.05, 4.69) is 48.2 Å². The predicted octanol–water partition coefficient (Wildman–Crippen LogP) is 9.79. The van der Waals surface area contributed by atoms with Crippen molar-refractivity contribution in [2.24, 2.45) is 17.8 Å². The van der Waals surface area contributed by atoms with Crippen molar-refractivity contribution in [2.45, 2.75) is 176 Å². The Balaban J connectivity index is -0.00000110. The lowest BCUT2D eigenvalue weighted by Crippen LogP contribution is -2.46. The van der Waals surface area contributed by atoms with E-state index in [1.807, 2.05) is 76.4 Å². The first-order chi connectivity index (χ1) is 35.7. The number of carbonyl (C=O) groups excluding carboxylic acids is 2. The van der Waals surface area contributed by atoms with Gasteiger partial charge in [-0.1, -0.05) is 116 Å². The van der Waals surface area contributed by atoms with Crippen LogP contribution in [0.25, 0.3) is 0 Å². The van der Waals surface area contributed by atoms with Crippen LogP contribution in [0.3, 0.4) is 0 Å². The van der Waals surface area contributed by atoms with Crippen LogP contribution in [-0.4, -0.2) is 167 Å². The fraction of sp³-hybridized carbons (Fsp3) is 0.891. The summed E-state index contributed by atoms with van der Waals surface area (Å²) in [5, 5.41) is 2.20. The molecule has 20 nitrogen and oxygen atoms in total. The monoisotopic (exact) mass is 1180 g/mol. The first-order valence-corrected chi connectivity index (χ1v) is 32.5. The number of likely N-dealkylation sites (N-methyl/N-ethyl adjacent to an activating group) is 3. The number of allylic oxidation sites excluding steroid dienone is 1. The van der Waals surface area contributed by atoms with E-state index in [1.54, 1.807) is 20.8 Å². The smallest absolute Gasteiger partial charge is 0.408 e. The zero-order valence-corrected chi connectivity index (χ0v) is 54.7. The highest BCUT2D eigenvalue weighted by molar-refractivity contribution is 7.46. The summed E-state index contributed by atoms with van der Waals surface area (Å²) >= 11 is 0. The summed E-state index contributed by atoms with van der Waals surface area (Å²) < 4.78 is 75.3. The number of methoxy groups -OCH3 is 1. The average molecular weight is 1180 g/mol. The van der Waals surface area contributed by atoms with Crippen molar-refractivity contribution >= 4 is 35.5 Å². The van der Waals surface area contributed by atoms with Gasteiger partial charge in [0.1, 0.15) is 45.1 Å². The normalized spacial score (nSPS) is 15.9. The number of alkyl carbamates (subject to hydrolysis) is 1. The highest BCUT2D eigenvalue weighted by Crippen LogP contribution is 2.40. The maximum atomic E-state index is 11.8. The van der Waals surface area contributed by atoms with Crippen LogP contribution in [-0.2, 0) is 55.1 Å². The molecule has 0 radical (unpaired) electrons. The Kier molecular flexibility index (Phi) is 44.3. The third kappa shape index (κ3) is 60.3. The van der Waals surface area contributed by atoms with Crippen molar-refractivity contribution < 1.29 is 88.0 Å². The number of carbonyl (C=O) groups is 2. The molecule has 0 aromatic heterocycles. The summed E-state index contributed by atoms with van der Waals surface area (Å²) in [6.07, 6.45) is 25.9. The van der Waals surface area contributed by atoms with Crippen LogP contribution in [0.2, 0.25) is 0 Å². The van der Waals surface area contributed by atoms with E-state index in [-0.39, 0.29) is 33.0 Å². The van der Waals surface area contributed by atoms with E-state index in [0.717, 1.165) is 69.8 Å². The summed E-state index contributed by atoms with van der Waals surface area (Å²) in [5.41, 5.74) is 0.394. The standard InChI is InChI=1S/C25H52NO4P.C16H32NO4P.C14H29N2O8P/c1-22(2)12-9-13-23(3)14-10-15-24(4)16-11-17-25(5)18-20-29-31(27,28)30-21-19-26(6,7)8;1-5-6-7-8-9-10-11-12-13-15-20-22(18,19)21-16-14-17(2,3)4;1-14(2,3)24-13(18)15-11(12(17)21-7)10-23-25(19,20)22-9-8-16(4,5)6/h18,22-24H,9-17,19-21H2,1-8H3;1H,6-16H2,2-4H3;11H,8-10H2,1-7H3,(H-,15,18,19,20)/b25-18+;;/t23-,24-;;/m1../s1. The van der Waals surface area contributed by atoms with E-state index >= 15 is 0 Å². The number of ether oxygens (including phenoxy) is 2. The molecule has 0 bridgehead atoms. The minimum atomic E-state index is -4.63. The SMILES string of the molecule is C#CCCCCCCCCCOP(=O)([O-])OCC[N+](C)(C)C.C/C(=C\COP(=O)([O-])OCC[N+](C)(C)C)CCC[C@H](C)CCC[C@H](C)CCCC(C)C.COC(=O)C(COP(=O)([O-])OCC[N+](C)(C)C)NC(=O)OC(C)(C)C. The fourth-order valence-corrected chi connectivity index (χ4v) is 8.87. The molecule has 23 heteroatoms. The second-order valence-electron chi connectivity index (χ2n) is 24.9. The number of quaternary nitrogens is 3. The topological polar surface area (TPSA) is 240 Å². The van der Waals surface area contributed by atoms with Gasteiger partial charge in [-0.15, -0.1) is 12.3 Å². The third-order valence-electron chi connectivity index (χ3n) is 11.6. The third-order valence-corrected chi connectivity index (χ3v) is 14.6. The molecule has 1 amide bonds. The van der Waals surface area contributed by atoms with Gasteiger partial charge >= 0.3 is 12.1 Å². The number of amides is 1.